The smallest absolute Gasteiger partial charge is 0.236 e. The summed E-state index contributed by atoms with van der Waals surface area (Å²) in [6.07, 6.45) is 5.90. The molecule has 0 aromatic carbocycles. The average molecular weight is 376 g/mol. The lowest BCUT2D eigenvalue weighted by Crippen LogP contribution is -2.58. The van der Waals surface area contributed by atoms with E-state index < -0.39 is 0 Å². The molecule has 4 heterocycles. The van der Waals surface area contributed by atoms with Crippen LogP contribution in [0.3, 0.4) is 0 Å². The van der Waals surface area contributed by atoms with Crippen molar-refractivity contribution in [2.24, 2.45) is 5.92 Å². The Morgan fingerprint density at radius 1 is 1.19 bits per heavy atom. The molecule has 0 aliphatic carbocycles. The number of carbonyl (C=O) groups excluding carboxylic acids is 2. The van der Waals surface area contributed by atoms with Crippen LogP contribution in [0.1, 0.15) is 37.0 Å². The first-order valence-corrected chi connectivity index (χ1v) is 10.9. The second-order valence-electron chi connectivity index (χ2n) is 7.89. The van der Waals surface area contributed by atoms with Crippen molar-refractivity contribution in [2.75, 3.05) is 39.3 Å². The average Bonchev–Trinajstić information content (AvgIpc) is 3.34. The van der Waals surface area contributed by atoms with Crippen molar-refractivity contribution >= 4 is 23.2 Å². The first kappa shape index (κ1) is 18.0. The Kier molecular flexibility index (Phi) is 5.60. The number of fused-ring (bicyclic) bond motifs is 1. The fourth-order valence-electron chi connectivity index (χ4n) is 4.79. The van der Waals surface area contributed by atoms with Crippen LogP contribution in [-0.2, 0) is 16.0 Å². The molecule has 3 saturated heterocycles. The van der Waals surface area contributed by atoms with Crippen LogP contribution in [0.25, 0.3) is 0 Å². The van der Waals surface area contributed by atoms with Gasteiger partial charge in [-0.3, -0.25) is 14.5 Å². The molecule has 4 rings (SSSR count). The number of amides is 2. The monoisotopic (exact) mass is 375 g/mol. The molecule has 0 N–H and O–H groups in total. The minimum atomic E-state index is 0.285. The van der Waals surface area contributed by atoms with Gasteiger partial charge < -0.3 is 9.80 Å². The van der Waals surface area contributed by atoms with Crippen molar-refractivity contribution < 1.29 is 9.59 Å². The molecule has 2 atom stereocenters. The van der Waals surface area contributed by atoms with Crippen molar-refractivity contribution in [3.05, 3.63) is 22.4 Å². The number of likely N-dealkylation sites (tertiary alicyclic amines) is 3. The van der Waals surface area contributed by atoms with Crippen molar-refractivity contribution in [3.63, 3.8) is 0 Å². The van der Waals surface area contributed by atoms with E-state index in [0.717, 1.165) is 52.0 Å². The molecule has 1 aromatic heterocycles. The van der Waals surface area contributed by atoms with Crippen LogP contribution in [0, 0.1) is 5.92 Å². The first-order valence-electron chi connectivity index (χ1n) is 10.0. The molecule has 0 saturated carbocycles. The van der Waals surface area contributed by atoms with Crippen molar-refractivity contribution in [1.29, 1.82) is 0 Å². The molecule has 0 radical (unpaired) electrons. The van der Waals surface area contributed by atoms with Crippen LogP contribution in [0.15, 0.2) is 17.5 Å². The van der Waals surface area contributed by atoms with E-state index in [-0.39, 0.29) is 5.91 Å². The number of piperidine rings is 2. The highest BCUT2D eigenvalue weighted by Crippen LogP contribution is 2.31. The summed E-state index contributed by atoms with van der Waals surface area (Å²) >= 11 is 1.77. The molecule has 26 heavy (non-hydrogen) atoms. The third-order valence-electron chi connectivity index (χ3n) is 6.23. The number of nitrogens with zero attached hydrogens (tertiary/aromatic N) is 3. The highest BCUT2D eigenvalue weighted by molar-refractivity contribution is 7.09. The molecule has 142 valence electrons. The van der Waals surface area contributed by atoms with Gasteiger partial charge in [-0.2, -0.15) is 0 Å². The summed E-state index contributed by atoms with van der Waals surface area (Å²) in [5.41, 5.74) is 0. The summed E-state index contributed by atoms with van der Waals surface area (Å²) < 4.78 is 0. The van der Waals surface area contributed by atoms with Crippen LogP contribution in [0.2, 0.25) is 0 Å². The minimum absolute atomic E-state index is 0.285. The van der Waals surface area contributed by atoms with E-state index in [0.29, 0.717) is 30.8 Å². The third-order valence-corrected chi connectivity index (χ3v) is 7.17. The van der Waals surface area contributed by atoms with Gasteiger partial charge in [0.15, 0.2) is 0 Å². The Bertz CT molecular complexity index is 627. The fraction of sp³-hybridized carbons (Fsp3) is 0.700. The van der Waals surface area contributed by atoms with Gasteiger partial charge in [-0.05, 0) is 62.6 Å². The third kappa shape index (κ3) is 3.96. The standard InChI is InChI=1S/C20H29N3O2S/c24-19-6-5-16-14-22(20(25)15-21-9-1-2-10-21)11-8-18(16)23(19)12-7-17-4-3-13-26-17/h3-4,13,16,18H,1-2,5-12,14-15H2/t16-,18+/m0/s1. The van der Waals surface area contributed by atoms with Crippen LogP contribution in [0.5, 0.6) is 0 Å². The number of hydrogen-bond donors (Lipinski definition) is 0. The largest absolute Gasteiger partial charge is 0.341 e. The lowest BCUT2D eigenvalue weighted by molar-refractivity contribution is -0.144. The van der Waals surface area contributed by atoms with Gasteiger partial charge in [0, 0.05) is 37.0 Å². The predicted octanol–water partition coefficient (Wildman–Crippen LogP) is 2.23. The molecular weight excluding hydrogens is 346 g/mol. The molecule has 0 unspecified atom stereocenters. The molecule has 0 spiro atoms. The second-order valence-corrected chi connectivity index (χ2v) is 8.93. The van der Waals surface area contributed by atoms with Gasteiger partial charge in [-0.1, -0.05) is 6.07 Å². The summed E-state index contributed by atoms with van der Waals surface area (Å²) in [5.74, 6) is 1.04. The van der Waals surface area contributed by atoms with Gasteiger partial charge in [0.05, 0.1) is 6.54 Å². The maximum atomic E-state index is 12.7. The summed E-state index contributed by atoms with van der Waals surface area (Å²) in [6.45, 7) is 5.17. The van der Waals surface area contributed by atoms with E-state index in [9.17, 15) is 9.59 Å². The highest BCUT2D eigenvalue weighted by atomic mass is 32.1. The van der Waals surface area contributed by atoms with E-state index in [2.05, 4.69) is 32.2 Å². The van der Waals surface area contributed by atoms with Gasteiger partial charge in [0.25, 0.3) is 0 Å². The van der Waals surface area contributed by atoms with Gasteiger partial charge in [0.2, 0.25) is 11.8 Å². The molecule has 3 aliphatic rings. The Balaban J connectivity index is 1.34. The Morgan fingerprint density at radius 3 is 2.81 bits per heavy atom. The predicted molar refractivity (Wildman–Crippen MR) is 103 cm³/mol. The van der Waals surface area contributed by atoms with Gasteiger partial charge >= 0.3 is 0 Å². The summed E-state index contributed by atoms with van der Waals surface area (Å²) in [7, 11) is 0. The zero-order valence-electron chi connectivity index (χ0n) is 15.4. The minimum Gasteiger partial charge on any atom is -0.341 e. The fourth-order valence-corrected chi connectivity index (χ4v) is 5.48. The second kappa shape index (κ2) is 8.09. The summed E-state index contributed by atoms with van der Waals surface area (Å²) in [4.78, 5) is 33.0. The van der Waals surface area contributed by atoms with Crippen LogP contribution >= 0.6 is 11.3 Å². The van der Waals surface area contributed by atoms with Gasteiger partial charge in [0.1, 0.15) is 0 Å². The SMILES string of the molecule is O=C(CN1CCCC1)N1CC[C@@H]2[C@@H](CCC(=O)N2CCc2cccs2)C1. The lowest BCUT2D eigenvalue weighted by Gasteiger charge is -2.47. The van der Waals surface area contributed by atoms with Crippen molar-refractivity contribution in [3.8, 4) is 0 Å². The quantitative estimate of drug-likeness (QED) is 0.793. The van der Waals surface area contributed by atoms with E-state index in [1.54, 1.807) is 11.3 Å². The van der Waals surface area contributed by atoms with E-state index in [1.165, 1.54) is 17.7 Å². The maximum absolute atomic E-state index is 12.7. The summed E-state index contributed by atoms with van der Waals surface area (Å²) in [5, 5.41) is 2.10. The molecule has 5 nitrogen and oxygen atoms in total. The van der Waals surface area contributed by atoms with E-state index >= 15 is 0 Å². The number of thiophene rings is 1. The van der Waals surface area contributed by atoms with Crippen molar-refractivity contribution in [1.82, 2.24) is 14.7 Å². The number of hydrogen-bond acceptors (Lipinski definition) is 4. The number of rotatable bonds is 5. The molecule has 3 fully saturated rings. The lowest BCUT2D eigenvalue weighted by atomic mass is 9.83. The Morgan fingerprint density at radius 2 is 2.04 bits per heavy atom. The van der Waals surface area contributed by atoms with Crippen LogP contribution < -0.4 is 0 Å². The maximum Gasteiger partial charge on any atom is 0.236 e. The molecule has 1 aromatic rings. The summed E-state index contributed by atoms with van der Waals surface area (Å²) in [6, 6.07) is 4.55. The zero-order valence-corrected chi connectivity index (χ0v) is 16.3. The highest BCUT2D eigenvalue weighted by Gasteiger charge is 2.40. The van der Waals surface area contributed by atoms with Crippen LogP contribution in [0.4, 0.5) is 0 Å². The molecule has 2 amide bonds. The van der Waals surface area contributed by atoms with E-state index in [1.807, 2.05) is 0 Å². The van der Waals surface area contributed by atoms with Gasteiger partial charge in [-0.15, -0.1) is 11.3 Å². The van der Waals surface area contributed by atoms with Gasteiger partial charge in [-0.25, -0.2) is 0 Å². The topological polar surface area (TPSA) is 43.9 Å². The molecule has 0 bridgehead atoms. The Hall–Kier alpha value is -1.40. The normalized spacial score (nSPS) is 27.0. The Labute approximate surface area is 159 Å². The van der Waals surface area contributed by atoms with Crippen molar-refractivity contribution in [2.45, 2.75) is 44.6 Å². The molecular formula is C20H29N3O2S. The van der Waals surface area contributed by atoms with Crippen LogP contribution in [-0.4, -0.2) is 71.8 Å². The number of carbonyl (C=O) groups is 2. The van der Waals surface area contributed by atoms with E-state index in [4.69, 9.17) is 0 Å². The first-order chi connectivity index (χ1) is 12.7. The molecule has 3 aliphatic heterocycles. The molecule has 6 heteroatoms. The zero-order chi connectivity index (χ0) is 17.9.